The summed E-state index contributed by atoms with van der Waals surface area (Å²) in [6, 6.07) is 7.69. The van der Waals surface area contributed by atoms with Crippen LogP contribution in [0.4, 0.5) is 10.5 Å². The Bertz CT molecular complexity index is 997. The van der Waals surface area contributed by atoms with Crippen LogP contribution in [-0.4, -0.2) is 60.5 Å². The Morgan fingerprint density at radius 3 is 2.47 bits per heavy atom. The molecular formula is C22H31N3O5S2. The molecule has 32 heavy (non-hydrogen) atoms. The molecule has 1 aromatic rings. The lowest BCUT2D eigenvalue weighted by molar-refractivity contribution is -0.117. The summed E-state index contributed by atoms with van der Waals surface area (Å²) < 4.78 is 29.6. The van der Waals surface area contributed by atoms with Gasteiger partial charge < -0.3 is 15.0 Å². The number of sulfone groups is 1. The molecule has 2 heterocycles. The lowest BCUT2D eigenvalue weighted by Crippen LogP contribution is -2.37. The minimum Gasteiger partial charge on any atom is -0.444 e. The fourth-order valence-corrected chi connectivity index (χ4v) is 7.57. The molecule has 2 amide bonds. The van der Waals surface area contributed by atoms with Gasteiger partial charge in [0.25, 0.3) is 0 Å². The van der Waals surface area contributed by atoms with Gasteiger partial charge in [0.1, 0.15) is 5.60 Å². The Labute approximate surface area is 194 Å². The number of ether oxygens (including phenoxy) is 1. The minimum atomic E-state index is -3.12. The van der Waals surface area contributed by atoms with Crippen LogP contribution in [0.3, 0.4) is 0 Å². The summed E-state index contributed by atoms with van der Waals surface area (Å²) in [5, 5.41) is 2.91. The summed E-state index contributed by atoms with van der Waals surface area (Å²) >= 11 is 1.34. The lowest BCUT2D eigenvalue weighted by atomic mass is 10.0. The van der Waals surface area contributed by atoms with E-state index in [0.29, 0.717) is 11.1 Å². The minimum absolute atomic E-state index is 0.0249. The molecular weight excluding hydrogens is 450 g/mol. The van der Waals surface area contributed by atoms with Crippen LogP contribution in [0.5, 0.6) is 0 Å². The highest BCUT2D eigenvalue weighted by atomic mass is 32.2. The van der Waals surface area contributed by atoms with Gasteiger partial charge in [-0.3, -0.25) is 4.79 Å². The topological polar surface area (TPSA) is 105 Å². The maximum absolute atomic E-state index is 12.5. The van der Waals surface area contributed by atoms with Gasteiger partial charge in [-0.15, -0.1) is 0 Å². The van der Waals surface area contributed by atoms with Gasteiger partial charge in [0.05, 0.1) is 17.5 Å². The molecule has 0 unspecified atom stereocenters. The summed E-state index contributed by atoms with van der Waals surface area (Å²) in [6.45, 7) is 9.62. The number of fused-ring (bicyclic) bond motifs is 1. The van der Waals surface area contributed by atoms with Crippen LogP contribution in [0, 0.1) is 0 Å². The molecule has 0 aromatic heterocycles. The maximum atomic E-state index is 12.5. The van der Waals surface area contributed by atoms with Gasteiger partial charge in [0.15, 0.2) is 15.0 Å². The van der Waals surface area contributed by atoms with Gasteiger partial charge in [0.2, 0.25) is 5.91 Å². The number of nitrogens with zero attached hydrogens (tertiary/aromatic N) is 2. The third-order valence-electron chi connectivity index (χ3n) is 5.13. The molecule has 0 bridgehead atoms. The molecule has 2 aliphatic rings. The number of hydrogen-bond acceptors (Lipinski definition) is 6. The van der Waals surface area contributed by atoms with Crippen LogP contribution >= 0.6 is 11.8 Å². The van der Waals surface area contributed by atoms with Crippen molar-refractivity contribution in [1.29, 1.82) is 0 Å². The van der Waals surface area contributed by atoms with Gasteiger partial charge in [-0.25, -0.2) is 13.2 Å². The van der Waals surface area contributed by atoms with Crippen molar-refractivity contribution in [2.24, 2.45) is 4.99 Å². The maximum Gasteiger partial charge on any atom is 0.407 e. The van der Waals surface area contributed by atoms with Gasteiger partial charge >= 0.3 is 6.09 Å². The zero-order chi connectivity index (χ0) is 23.7. The van der Waals surface area contributed by atoms with Gasteiger partial charge in [-0.05, 0) is 44.4 Å². The number of amidine groups is 1. The van der Waals surface area contributed by atoms with Crippen LogP contribution in [-0.2, 0) is 19.4 Å². The SMILES string of the molecule is CC(C)c1ccc(N2C(=NC(=O)CCNC(=O)OC(C)(C)C)S[C@@H]3CS(=O)(=O)C[C@@H]32)cc1. The normalized spacial score (nSPS) is 23.4. The number of carbonyl (C=O) groups excluding carboxylic acids is 2. The second kappa shape index (κ2) is 9.43. The number of thioether (sulfide) groups is 1. The van der Waals surface area contributed by atoms with Crippen LogP contribution in [0.1, 0.15) is 52.5 Å². The summed E-state index contributed by atoms with van der Waals surface area (Å²) in [7, 11) is -3.12. The number of benzene rings is 1. The molecule has 2 aliphatic heterocycles. The molecule has 2 saturated heterocycles. The summed E-state index contributed by atoms with van der Waals surface area (Å²) in [6.07, 6.45) is -0.559. The molecule has 3 rings (SSSR count). The first-order valence-electron chi connectivity index (χ1n) is 10.7. The van der Waals surface area contributed by atoms with E-state index in [1.807, 2.05) is 29.2 Å². The van der Waals surface area contributed by atoms with E-state index in [1.165, 1.54) is 17.3 Å². The van der Waals surface area contributed by atoms with Crippen molar-refractivity contribution in [1.82, 2.24) is 5.32 Å². The van der Waals surface area contributed by atoms with Crippen molar-refractivity contribution in [3.05, 3.63) is 29.8 Å². The van der Waals surface area contributed by atoms with E-state index in [0.717, 1.165) is 5.69 Å². The molecule has 0 aliphatic carbocycles. The van der Waals surface area contributed by atoms with E-state index >= 15 is 0 Å². The molecule has 8 nitrogen and oxygen atoms in total. The van der Waals surface area contributed by atoms with Gasteiger partial charge in [-0.2, -0.15) is 4.99 Å². The smallest absolute Gasteiger partial charge is 0.407 e. The largest absolute Gasteiger partial charge is 0.444 e. The Morgan fingerprint density at radius 1 is 1.22 bits per heavy atom. The monoisotopic (exact) mass is 481 g/mol. The van der Waals surface area contributed by atoms with Gasteiger partial charge in [0, 0.05) is 23.9 Å². The number of rotatable bonds is 5. The first kappa shape index (κ1) is 24.6. The fourth-order valence-electron chi connectivity index (χ4n) is 3.63. The summed E-state index contributed by atoms with van der Waals surface area (Å²) in [5.41, 5.74) is 1.39. The number of nitrogens with one attached hydrogen (secondary N) is 1. The molecule has 0 saturated carbocycles. The van der Waals surface area contributed by atoms with Crippen LogP contribution in [0.25, 0.3) is 0 Å². The average Bonchev–Trinajstić information content (AvgIpc) is 3.10. The molecule has 2 atom stereocenters. The number of hydrogen-bond donors (Lipinski definition) is 1. The number of amides is 2. The second-order valence-corrected chi connectivity index (χ2v) is 12.7. The Kier molecular flexibility index (Phi) is 7.24. The van der Waals surface area contributed by atoms with Crippen molar-refractivity contribution in [2.75, 3.05) is 23.0 Å². The first-order valence-corrected chi connectivity index (χ1v) is 13.4. The summed E-state index contributed by atoms with van der Waals surface area (Å²) in [4.78, 5) is 30.4. The molecule has 176 valence electrons. The van der Waals surface area contributed by atoms with E-state index in [4.69, 9.17) is 4.74 Å². The van der Waals surface area contributed by atoms with Crippen molar-refractivity contribution in [3.63, 3.8) is 0 Å². The van der Waals surface area contributed by atoms with E-state index < -0.39 is 21.5 Å². The number of anilines is 1. The number of alkyl carbamates (subject to hydrolysis) is 1. The molecule has 1 N–H and O–H groups in total. The lowest BCUT2D eigenvalue weighted by Gasteiger charge is -2.25. The van der Waals surface area contributed by atoms with Crippen molar-refractivity contribution < 1.29 is 22.7 Å². The second-order valence-electron chi connectivity index (χ2n) is 9.38. The highest BCUT2D eigenvalue weighted by molar-refractivity contribution is 8.16. The van der Waals surface area contributed by atoms with Crippen LogP contribution in [0.2, 0.25) is 0 Å². The quantitative estimate of drug-likeness (QED) is 0.688. The number of aliphatic imine (C=N–C) groups is 1. The third-order valence-corrected chi connectivity index (χ3v) is 8.34. The van der Waals surface area contributed by atoms with Crippen molar-refractivity contribution >= 4 is 44.5 Å². The Hall–Kier alpha value is -2.07. The third kappa shape index (κ3) is 6.25. The zero-order valence-electron chi connectivity index (χ0n) is 19.1. The highest BCUT2D eigenvalue weighted by Gasteiger charge is 2.49. The molecule has 2 fully saturated rings. The van der Waals surface area contributed by atoms with Crippen LogP contribution < -0.4 is 10.2 Å². The van der Waals surface area contributed by atoms with Crippen LogP contribution in [0.15, 0.2) is 29.3 Å². The highest BCUT2D eigenvalue weighted by Crippen LogP contribution is 2.41. The average molecular weight is 482 g/mol. The predicted molar refractivity (Wildman–Crippen MR) is 128 cm³/mol. The molecule has 0 radical (unpaired) electrons. The van der Waals surface area contributed by atoms with Gasteiger partial charge in [-0.1, -0.05) is 37.7 Å². The van der Waals surface area contributed by atoms with E-state index in [9.17, 15) is 18.0 Å². The Balaban J connectivity index is 1.73. The molecule has 0 spiro atoms. The first-order chi connectivity index (χ1) is 14.8. The predicted octanol–water partition coefficient (Wildman–Crippen LogP) is 3.33. The number of carbonyl (C=O) groups is 2. The van der Waals surface area contributed by atoms with E-state index in [1.54, 1.807) is 20.8 Å². The van der Waals surface area contributed by atoms with E-state index in [2.05, 4.69) is 24.2 Å². The van der Waals surface area contributed by atoms with E-state index in [-0.39, 0.29) is 41.7 Å². The standard InChI is InChI=1S/C22H31N3O5S2/c1-14(2)15-6-8-16(9-7-15)25-17-12-32(28,29)13-18(17)31-20(25)24-19(26)10-11-23-21(27)30-22(3,4)5/h6-9,14,17-18H,10-13H2,1-5H3,(H,23,27)/t17-,18+/m0/s1. The molecule has 1 aromatic carbocycles. The van der Waals surface area contributed by atoms with Crippen molar-refractivity contribution in [3.8, 4) is 0 Å². The summed E-state index contributed by atoms with van der Waals surface area (Å²) in [5.74, 6) is 0.124. The zero-order valence-corrected chi connectivity index (χ0v) is 20.8. The molecule has 10 heteroatoms. The Morgan fingerprint density at radius 2 is 1.88 bits per heavy atom. The van der Waals surface area contributed by atoms with Crippen molar-refractivity contribution in [2.45, 2.75) is 63.9 Å². The fraction of sp³-hybridized carbons (Fsp3) is 0.591.